The van der Waals surface area contributed by atoms with Gasteiger partial charge in [0, 0.05) is 13.1 Å². The lowest BCUT2D eigenvalue weighted by atomic mass is 10.5. The second-order valence-corrected chi connectivity index (χ2v) is 2.45. The molecule has 0 aliphatic rings. The zero-order chi connectivity index (χ0) is 8.81. The smallest absolute Gasteiger partial charge is 0.294 e. The highest BCUT2D eigenvalue weighted by atomic mass is 16.4. The van der Waals surface area contributed by atoms with Gasteiger partial charge in [-0.1, -0.05) is 6.92 Å². The van der Waals surface area contributed by atoms with E-state index in [0.717, 1.165) is 25.3 Å². The van der Waals surface area contributed by atoms with Crippen LogP contribution in [0.5, 0.6) is 0 Å². The third-order valence-electron chi connectivity index (χ3n) is 1.44. The van der Waals surface area contributed by atoms with E-state index in [1.165, 1.54) is 0 Å². The minimum Gasteiger partial charge on any atom is -0.432 e. The second kappa shape index (κ2) is 4.77. The Bertz CT molecular complexity index is 222. The van der Waals surface area contributed by atoms with Crippen molar-refractivity contribution in [3.8, 4) is 0 Å². The van der Waals surface area contributed by atoms with Crippen LogP contribution in [-0.2, 0) is 6.54 Å². The van der Waals surface area contributed by atoms with E-state index in [1.54, 1.807) is 6.26 Å². The molecule has 0 saturated carbocycles. The maximum atomic E-state index is 5.14. The molecule has 2 N–H and O–H groups in total. The largest absolute Gasteiger partial charge is 0.432 e. The number of rotatable bonds is 5. The molecule has 0 aliphatic heterocycles. The molecule has 0 radical (unpaired) electrons. The number of anilines is 1. The minimum absolute atomic E-state index is 0.602. The van der Waals surface area contributed by atoms with Crippen LogP contribution in [0.15, 0.2) is 10.7 Å². The summed E-state index contributed by atoms with van der Waals surface area (Å²) in [7, 11) is 0. The number of oxazole rings is 1. The highest BCUT2D eigenvalue weighted by Gasteiger charge is 2.00. The molecule has 0 aromatic carbocycles. The summed E-state index contributed by atoms with van der Waals surface area (Å²) >= 11 is 0. The first-order chi connectivity index (χ1) is 5.86. The fourth-order valence-electron chi connectivity index (χ4n) is 0.874. The van der Waals surface area contributed by atoms with Crippen LogP contribution in [0.4, 0.5) is 6.01 Å². The molecule has 1 aromatic heterocycles. The minimum atomic E-state index is 0.602. The molecule has 0 spiro atoms. The molecule has 0 atom stereocenters. The zero-order valence-electron chi connectivity index (χ0n) is 7.55. The first kappa shape index (κ1) is 9.06. The molecule has 4 heteroatoms. The molecule has 0 amide bonds. The van der Waals surface area contributed by atoms with Gasteiger partial charge in [-0.25, -0.2) is 0 Å². The summed E-state index contributed by atoms with van der Waals surface area (Å²) in [5.74, 6) is 0. The predicted molar refractivity (Wildman–Crippen MR) is 48.0 cm³/mol. The Morgan fingerprint density at radius 1 is 1.42 bits per heavy atom. The van der Waals surface area contributed by atoms with Crippen LogP contribution in [0.2, 0.25) is 0 Å². The average Bonchev–Trinajstić information content (AvgIpc) is 2.50. The molecule has 0 bridgehead atoms. The third kappa shape index (κ3) is 2.54. The van der Waals surface area contributed by atoms with E-state index in [2.05, 4.69) is 22.5 Å². The maximum absolute atomic E-state index is 5.14. The van der Waals surface area contributed by atoms with Crippen molar-refractivity contribution < 1.29 is 4.42 Å². The Morgan fingerprint density at radius 3 is 2.92 bits per heavy atom. The lowest BCUT2D eigenvalue weighted by molar-refractivity contribution is 0.569. The van der Waals surface area contributed by atoms with Gasteiger partial charge in [-0.15, -0.1) is 0 Å². The van der Waals surface area contributed by atoms with Crippen LogP contribution in [0.3, 0.4) is 0 Å². The lowest BCUT2D eigenvalue weighted by Gasteiger charge is -1.94. The maximum Gasteiger partial charge on any atom is 0.294 e. The summed E-state index contributed by atoms with van der Waals surface area (Å²) in [5, 5.41) is 6.17. The molecule has 0 unspecified atom stereocenters. The Balaban J connectivity index is 2.41. The fraction of sp³-hybridized carbons (Fsp3) is 0.625. The Morgan fingerprint density at radius 2 is 2.25 bits per heavy atom. The van der Waals surface area contributed by atoms with Gasteiger partial charge in [0.1, 0.15) is 6.26 Å². The lowest BCUT2D eigenvalue weighted by Crippen LogP contribution is -2.11. The van der Waals surface area contributed by atoms with E-state index in [0.29, 0.717) is 6.01 Å². The van der Waals surface area contributed by atoms with Gasteiger partial charge in [-0.3, -0.25) is 0 Å². The molecule has 1 aromatic rings. The Labute approximate surface area is 72.4 Å². The molecule has 0 aliphatic carbocycles. The van der Waals surface area contributed by atoms with Crippen molar-refractivity contribution in [2.24, 2.45) is 0 Å². The number of aromatic nitrogens is 1. The summed E-state index contributed by atoms with van der Waals surface area (Å²) in [6, 6.07) is 0.602. The summed E-state index contributed by atoms with van der Waals surface area (Å²) < 4.78 is 5.14. The van der Waals surface area contributed by atoms with E-state index in [9.17, 15) is 0 Å². The number of hydrogen-bond acceptors (Lipinski definition) is 4. The molecule has 1 rings (SSSR count). The normalized spacial score (nSPS) is 10.2. The van der Waals surface area contributed by atoms with Crippen LogP contribution in [-0.4, -0.2) is 18.1 Å². The van der Waals surface area contributed by atoms with Crippen molar-refractivity contribution in [1.29, 1.82) is 0 Å². The molecule has 4 nitrogen and oxygen atoms in total. The van der Waals surface area contributed by atoms with Gasteiger partial charge in [0.15, 0.2) is 0 Å². The van der Waals surface area contributed by atoms with E-state index >= 15 is 0 Å². The Hall–Kier alpha value is -1.03. The first-order valence-corrected chi connectivity index (χ1v) is 4.25. The van der Waals surface area contributed by atoms with Crippen molar-refractivity contribution in [2.75, 3.05) is 18.4 Å². The summed E-state index contributed by atoms with van der Waals surface area (Å²) in [6.45, 7) is 6.62. The van der Waals surface area contributed by atoms with Gasteiger partial charge in [-0.05, 0) is 13.5 Å². The van der Waals surface area contributed by atoms with E-state index in [1.807, 2.05) is 6.92 Å². The van der Waals surface area contributed by atoms with Crippen LogP contribution in [0.25, 0.3) is 0 Å². The molecule has 0 fully saturated rings. The van der Waals surface area contributed by atoms with E-state index < -0.39 is 0 Å². The first-order valence-electron chi connectivity index (χ1n) is 4.25. The molecule has 68 valence electrons. The van der Waals surface area contributed by atoms with Gasteiger partial charge in [0.05, 0.1) is 5.69 Å². The fourth-order valence-corrected chi connectivity index (χ4v) is 0.874. The standard InChI is InChI=1S/C8H15N3O/c1-3-9-5-7-6-12-8(11-7)10-4-2/h6,9H,3-5H2,1-2H3,(H,10,11). The van der Waals surface area contributed by atoms with Crippen molar-refractivity contribution in [1.82, 2.24) is 10.3 Å². The monoisotopic (exact) mass is 169 g/mol. The highest BCUT2D eigenvalue weighted by molar-refractivity contribution is 5.20. The van der Waals surface area contributed by atoms with Crippen molar-refractivity contribution in [3.63, 3.8) is 0 Å². The van der Waals surface area contributed by atoms with Gasteiger partial charge in [0.2, 0.25) is 0 Å². The summed E-state index contributed by atoms with van der Waals surface area (Å²) in [5.41, 5.74) is 0.938. The SMILES string of the molecule is CCNCc1coc(NCC)n1. The number of nitrogens with zero attached hydrogens (tertiary/aromatic N) is 1. The van der Waals surface area contributed by atoms with E-state index in [4.69, 9.17) is 4.42 Å². The quantitative estimate of drug-likeness (QED) is 0.695. The number of nitrogens with one attached hydrogen (secondary N) is 2. The van der Waals surface area contributed by atoms with Crippen LogP contribution >= 0.6 is 0 Å². The molecular formula is C8H15N3O. The van der Waals surface area contributed by atoms with Gasteiger partial charge in [-0.2, -0.15) is 4.98 Å². The van der Waals surface area contributed by atoms with Gasteiger partial charge in [0.25, 0.3) is 6.01 Å². The topological polar surface area (TPSA) is 50.1 Å². The zero-order valence-corrected chi connectivity index (χ0v) is 7.55. The van der Waals surface area contributed by atoms with Gasteiger partial charge < -0.3 is 15.1 Å². The summed E-state index contributed by atoms with van der Waals surface area (Å²) in [4.78, 5) is 4.20. The van der Waals surface area contributed by atoms with Crippen molar-refractivity contribution >= 4 is 6.01 Å². The van der Waals surface area contributed by atoms with Crippen LogP contribution in [0, 0.1) is 0 Å². The molecule has 12 heavy (non-hydrogen) atoms. The Kier molecular flexibility index (Phi) is 3.60. The molecular weight excluding hydrogens is 154 g/mol. The predicted octanol–water partition coefficient (Wildman–Crippen LogP) is 1.22. The third-order valence-corrected chi connectivity index (χ3v) is 1.44. The van der Waals surface area contributed by atoms with E-state index in [-0.39, 0.29) is 0 Å². The molecule has 0 saturated heterocycles. The van der Waals surface area contributed by atoms with Gasteiger partial charge >= 0.3 is 0 Å². The van der Waals surface area contributed by atoms with Crippen molar-refractivity contribution in [3.05, 3.63) is 12.0 Å². The number of hydrogen-bond donors (Lipinski definition) is 2. The second-order valence-electron chi connectivity index (χ2n) is 2.45. The average molecular weight is 169 g/mol. The van der Waals surface area contributed by atoms with Crippen molar-refractivity contribution in [2.45, 2.75) is 20.4 Å². The molecule has 1 heterocycles. The summed E-state index contributed by atoms with van der Waals surface area (Å²) in [6.07, 6.45) is 1.67. The highest BCUT2D eigenvalue weighted by Crippen LogP contribution is 2.05. The van der Waals surface area contributed by atoms with Crippen LogP contribution < -0.4 is 10.6 Å². The van der Waals surface area contributed by atoms with Crippen LogP contribution in [0.1, 0.15) is 19.5 Å².